The van der Waals surface area contributed by atoms with Crippen LogP contribution in [0.4, 0.5) is 4.79 Å². The van der Waals surface area contributed by atoms with Crippen LogP contribution in [0.2, 0.25) is 0 Å². The summed E-state index contributed by atoms with van der Waals surface area (Å²) in [6, 6.07) is 13.6. The lowest BCUT2D eigenvalue weighted by atomic mass is 9.98. The summed E-state index contributed by atoms with van der Waals surface area (Å²) < 4.78 is 10.0. The van der Waals surface area contributed by atoms with E-state index in [4.69, 9.17) is 4.74 Å². The zero-order chi connectivity index (χ0) is 25.4. The fourth-order valence-corrected chi connectivity index (χ4v) is 4.23. The highest BCUT2D eigenvalue weighted by Crippen LogP contribution is 2.44. The van der Waals surface area contributed by atoms with Crippen LogP contribution in [0.3, 0.4) is 0 Å². The molecule has 0 aromatic heterocycles. The van der Waals surface area contributed by atoms with Crippen LogP contribution in [-0.4, -0.2) is 54.8 Å². The van der Waals surface area contributed by atoms with E-state index >= 15 is 0 Å². The molecular weight excluding hydrogens is 452 g/mol. The number of methoxy groups -OCH3 is 1. The van der Waals surface area contributed by atoms with Gasteiger partial charge < -0.3 is 25.2 Å². The molecule has 0 radical (unpaired) electrons. The molecule has 0 fully saturated rings. The van der Waals surface area contributed by atoms with Crippen LogP contribution in [0.1, 0.15) is 49.7 Å². The first kappa shape index (κ1) is 25.7. The Labute approximate surface area is 203 Å². The molecule has 0 saturated carbocycles. The van der Waals surface area contributed by atoms with Crippen molar-refractivity contribution in [2.45, 2.75) is 50.6 Å². The van der Waals surface area contributed by atoms with Crippen molar-refractivity contribution in [3.63, 3.8) is 0 Å². The Bertz CT molecular complexity index is 1040. The number of esters is 1. The Kier molecular flexibility index (Phi) is 8.83. The van der Waals surface area contributed by atoms with Crippen molar-refractivity contribution in [2.75, 3.05) is 13.7 Å². The maximum absolute atomic E-state index is 12.7. The summed E-state index contributed by atoms with van der Waals surface area (Å²) in [5, 5.41) is 14.3. The zero-order valence-electron chi connectivity index (χ0n) is 19.8. The molecule has 0 bridgehead atoms. The minimum absolute atomic E-state index is 0.0944. The molecule has 0 heterocycles. The van der Waals surface area contributed by atoms with Crippen molar-refractivity contribution in [1.29, 1.82) is 0 Å². The number of nitrogens with one attached hydrogen (secondary N) is 2. The van der Waals surface area contributed by atoms with Crippen molar-refractivity contribution in [3.8, 4) is 11.1 Å². The second kappa shape index (κ2) is 12.0. The minimum atomic E-state index is -1.29. The molecule has 1 aliphatic rings. The van der Waals surface area contributed by atoms with Gasteiger partial charge in [0.15, 0.2) is 0 Å². The molecule has 9 heteroatoms. The Morgan fingerprint density at radius 1 is 0.914 bits per heavy atom. The van der Waals surface area contributed by atoms with Crippen LogP contribution in [0.15, 0.2) is 48.5 Å². The number of fused-ring (bicyclic) bond motifs is 3. The van der Waals surface area contributed by atoms with E-state index < -0.39 is 36.0 Å². The van der Waals surface area contributed by atoms with Gasteiger partial charge in [0, 0.05) is 12.3 Å². The van der Waals surface area contributed by atoms with E-state index in [1.54, 1.807) is 0 Å². The summed E-state index contributed by atoms with van der Waals surface area (Å²) in [7, 11) is 1.20. The molecule has 0 aliphatic heterocycles. The van der Waals surface area contributed by atoms with E-state index in [-0.39, 0.29) is 25.4 Å². The molecule has 2 amide bonds. The lowest BCUT2D eigenvalue weighted by Crippen LogP contribution is -2.51. The molecule has 3 N–H and O–H groups in total. The van der Waals surface area contributed by atoms with Crippen LogP contribution >= 0.6 is 0 Å². The number of carboxylic acid groups (broad SMARTS) is 1. The second-order valence-corrected chi connectivity index (χ2v) is 8.33. The van der Waals surface area contributed by atoms with Crippen molar-refractivity contribution in [3.05, 3.63) is 59.7 Å². The van der Waals surface area contributed by atoms with E-state index in [0.717, 1.165) is 22.3 Å². The van der Waals surface area contributed by atoms with Gasteiger partial charge in [0.25, 0.3) is 0 Å². The van der Waals surface area contributed by atoms with Gasteiger partial charge in [-0.05, 0) is 35.1 Å². The molecule has 2 aromatic carbocycles. The molecule has 186 valence electrons. The van der Waals surface area contributed by atoms with E-state index in [9.17, 15) is 24.3 Å². The molecule has 1 aliphatic carbocycles. The third-order valence-electron chi connectivity index (χ3n) is 6.01. The lowest BCUT2D eigenvalue weighted by molar-refractivity contribution is -0.144. The van der Waals surface area contributed by atoms with Gasteiger partial charge in [-0.3, -0.25) is 9.59 Å². The predicted molar refractivity (Wildman–Crippen MR) is 128 cm³/mol. The summed E-state index contributed by atoms with van der Waals surface area (Å²) in [6.07, 6.45) is -0.188. The van der Waals surface area contributed by atoms with Crippen LogP contribution in [0, 0.1) is 0 Å². The Morgan fingerprint density at radius 3 is 2.06 bits per heavy atom. The number of carboxylic acids is 1. The van der Waals surface area contributed by atoms with Gasteiger partial charge in [0.1, 0.15) is 18.7 Å². The Hall–Kier alpha value is -3.88. The fraction of sp³-hybridized carbons (Fsp3) is 0.385. The summed E-state index contributed by atoms with van der Waals surface area (Å²) in [4.78, 5) is 48.2. The maximum Gasteiger partial charge on any atom is 0.407 e. The number of amides is 2. The molecule has 3 rings (SSSR count). The number of alkyl carbamates (subject to hydrolysis) is 1. The smallest absolute Gasteiger partial charge is 0.407 e. The van der Waals surface area contributed by atoms with Gasteiger partial charge in [-0.2, -0.15) is 0 Å². The number of carbonyl (C=O) groups is 4. The third kappa shape index (κ3) is 6.38. The van der Waals surface area contributed by atoms with Gasteiger partial charge in [0.05, 0.1) is 7.11 Å². The number of ether oxygens (including phenoxy) is 2. The largest absolute Gasteiger partial charge is 0.480 e. The van der Waals surface area contributed by atoms with Crippen LogP contribution in [0.25, 0.3) is 11.1 Å². The van der Waals surface area contributed by atoms with Gasteiger partial charge in [-0.15, -0.1) is 0 Å². The Balaban J connectivity index is 1.61. The summed E-state index contributed by atoms with van der Waals surface area (Å²) in [5.74, 6) is -2.63. The predicted octanol–water partition coefficient (Wildman–Crippen LogP) is 3.22. The number of rotatable bonds is 11. The van der Waals surface area contributed by atoms with Gasteiger partial charge in [-0.25, -0.2) is 9.59 Å². The standard InChI is InChI=1S/C26H30N2O7/c1-3-8-21(24(30)27-22(25(31)32)13-14-23(29)34-2)28-26(33)35-15-20-18-11-6-4-9-16(18)17-10-5-7-12-19(17)20/h4-7,9-12,20-22H,3,8,13-15H2,1-2H3,(H,27,30)(H,28,33)(H,31,32)/t21-,22?/m1/s1. The minimum Gasteiger partial charge on any atom is -0.480 e. The summed E-state index contributed by atoms with van der Waals surface area (Å²) in [5.41, 5.74) is 4.34. The molecule has 2 atom stereocenters. The molecule has 9 nitrogen and oxygen atoms in total. The van der Waals surface area contributed by atoms with Crippen molar-refractivity contribution >= 4 is 23.9 Å². The quantitative estimate of drug-likeness (QED) is 0.419. The molecule has 35 heavy (non-hydrogen) atoms. The van der Waals surface area contributed by atoms with Gasteiger partial charge >= 0.3 is 18.0 Å². The topological polar surface area (TPSA) is 131 Å². The maximum atomic E-state index is 12.7. The number of benzene rings is 2. The van der Waals surface area contributed by atoms with Gasteiger partial charge in [0.2, 0.25) is 5.91 Å². The highest BCUT2D eigenvalue weighted by atomic mass is 16.5. The number of hydrogen-bond donors (Lipinski definition) is 3. The average Bonchev–Trinajstić information content (AvgIpc) is 3.18. The lowest BCUT2D eigenvalue weighted by Gasteiger charge is -2.21. The van der Waals surface area contributed by atoms with Crippen molar-refractivity contribution in [2.24, 2.45) is 0 Å². The number of carbonyl (C=O) groups excluding carboxylic acids is 3. The van der Waals surface area contributed by atoms with E-state index in [1.807, 2.05) is 55.5 Å². The van der Waals surface area contributed by atoms with Crippen LogP contribution < -0.4 is 10.6 Å². The molecule has 1 unspecified atom stereocenters. The molecule has 0 spiro atoms. The first-order valence-corrected chi connectivity index (χ1v) is 11.6. The molecule has 2 aromatic rings. The van der Waals surface area contributed by atoms with Crippen LogP contribution in [-0.2, 0) is 23.9 Å². The highest BCUT2D eigenvalue weighted by Gasteiger charge is 2.30. The van der Waals surface area contributed by atoms with E-state index in [0.29, 0.717) is 12.8 Å². The molecular formula is C26H30N2O7. The monoisotopic (exact) mass is 482 g/mol. The first-order chi connectivity index (χ1) is 16.8. The Morgan fingerprint density at radius 2 is 1.51 bits per heavy atom. The zero-order valence-corrected chi connectivity index (χ0v) is 19.8. The number of aliphatic carboxylic acids is 1. The first-order valence-electron chi connectivity index (χ1n) is 11.6. The van der Waals surface area contributed by atoms with Crippen LogP contribution in [0.5, 0.6) is 0 Å². The SMILES string of the molecule is CCC[C@@H](NC(=O)OCC1c2ccccc2-c2ccccc21)C(=O)NC(CCC(=O)OC)C(=O)O. The normalized spacial score (nSPS) is 13.7. The van der Waals surface area contributed by atoms with Crippen molar-refractivity contribution < 1.29 is 33.8 Å². The number of hydrogen-bond acceptors (Lipinski definition) is 6. The second-order valence-electron chi connectivity index (χ2n) is 8.33. The van der Waals surface area contributed by atoms with Gasteiger partial charge in [-0.1, -0.05) is 61.9 Å². The van der Waals surface area contributed by atoms with Crippen molar-refractivity contribution in [1.82, 2.24) is 10.6 Å². The van der Waals surface area contributed by atoms with E-state index in [1.165, 1.54) is 7.11 Å². The summed E-state index contributed by atoms with van der Waals surface area (Å²) in [6.45, 7) is 1.93. The average molecular weight is 483 g/mol. The fourth-order valence-electron chi connectivity index (χ4n) is 4.23. The highest BCUT2D eigenvalue weighted by molar-refractivity contribution is 5.89. The third-order valence-corrected chi connectivity index (χ3v) is 6.01. The molecule has 0 saturated heterocycles. The van der Waals surface area contributed by atoms with E-state index in [2.05, 4.69) is 15.4 Å². The summed E-state index contributed by atoms with van der Waals surface area (Å²) >= 11 is 0.